The van der Waals surface area contributed by atoms with E-state index < -0.39 is 0 Å². The molecule has 0 atom stereocenters. The summed E-state index contributed by atoms with van der Waals surface area (Å²) >= 11 is 8.66. The van der Waals surface area contributed by atoms with Crippen LogP contribution in [0.2, 0.25) is 0 Å². The number of nitrogens with one attached hydrogen (secondary N) is 2. The highest BCUT2D eigenvalue weighted by molar-refractivity contribution is 9.10. The van der Waals surface area contributed by atoms with Gasteiger partial charge in [0, 0.05) is 28.8 Å². The Morgan fingerprint density at radius 1 is 1.10 bits per heavy atom. The molecule has 1 heterocycles. The molecule has 3 rings (SSSR count). The molecule has 0 unspecified atom stereocenters. The molecular formula is C22H24BrN3O3S. The van der Waals surface area contributed by atoms with Gasteiger partial charge in [-0.25, -0.2) is 0 Å². The van der Waals surface area contributed by atoms with Crippen molar-refractivity contribution in [1.82, 2.24) is 10.2 Å². The highest BCUT2D eigenvalue weighted by atomic mass is 79.9. The highest BCUT2D eigenvalue weighted by Gasteiger charge is 2.19. The number of nitrogens with zero attached hydrogens (tertiary/aromatic N) is 1. The van der Waals surface area contributed by atoms with E-state index >= 15 is 0 Å². The molecule has 1 saturated heterocycles. The molecule has 8 heteroatoms. The first kappa shape index (κ1) is 22.2. The number of thiocarbonyl (C=S) groups is 1. The monoisotopic (exact) mass is 489 g/mol. The molecule has 30 heavy (non-hydrogen) atoms. The van der Waals surface area contributed by atoms with E-state index in [0.29, 0.717) is 22.6 Å². The molecule has 2 aromatic carbocycles. The lowest BCUT2D eigenvalue weighted by Crippen LogP contribution is -2.34. The third-order valence-electron chi connectivity index (χ3n) is 4.56. The lowest BCUT2D eigenvalue weighted by Gasteiger charge is -2.16. The summed E-state index contributed by atoms with van der Waals surface area (Å²) in [4.78, 5) is 27.0. The fourth-order valence-electron chi connectivity index (χ4n) is 3.17. The van der Waals surface area contributed by atoms with Gasteiger partial charge < -0.3 is 15.0 Å². The Balaban J connectivity index is 1.62. The zero-order valence-electron chi connectivity index (χ0n) is 16.9. The third kappa shape index (κ3) is 5.79. The molecule has 0 aliphatic carbocycles. The van der Waals surface area contributed by atoms with Crippen molar-refractivity contribution in [3.8, 4) is 5.75 Å². The van der Waals surface area contributed by atoms with Crippen molar-refractivity contribution in [1.29, 1.82) is 0 Å². The van der Waals surface area contributed by atoms with Gasteiger partial charge in [0.05, 0.1) is 11.7 Å². The van der Waals surface area contributed by atoms with Gasteiger partial charge in [-0.3, -0.25) is 14.9 Å². The topological polar surface area (TPSA) is 70.7 Å². The normalized spacial score (nSPS) is 13.3. The van der Waals surface area contributed by atoms with Gasteiger partial charge in [0.2, 0.25) is 0 Å². The Bertz CT molecular complexity index is 941. The van der Waals surface area contributed by atoms with E-state index in [4.69, 9.17) is 17.0 Å². The molecule has 1 aliphatic rings. The fourth-order valence-corrected chi connectivity index (χ4v) is 3.74. The average Bonchev–Trinajstić information content (AvgIpc) is 3.23. The molecule has 1 aliphatic heterocycles. The molecule has 2 amide bonds. The minimum Gasteiger partial charge on any atom is -0.490 e. The van der Waals surface area contributed by atoms with E-state index in [-0.39, 0.29) is 23.0 Å². The predicted octanol–water partition coefficient (Wildman–Crippen LogP) is 4.60. The summed E-state index contributed by atoms with van der Waals surface area (Å²) in [5, 5.41) is 5.81. The van der Waals surface area contributed by atoms with Gasteiger partial charge in [-0.2, -0.15) is 0 Å². The molecule has 0 bridgehead atoms. The maximum absolute atomic E-state index is 12.7. The van der Waals surface area contributed by atoms with Crippen LogP contribution in [-0.4, -0.2) is 41.0 Å². The molecule has 0 aromatic heterocycles. The first-order valence-corrected chi connectivity index (χ1v) is 11.0. The van der Waals surface area contributed by atoms with Gasteiger partial charge in [-0.05, 0) is 81.4 Å². The Hall–Kier alpha value is -2.45. The van der Waals surface area contributed by atoms with Crippen LogP contribution < -0.4 is 15.4 Å². The second-order valence-corrected chi connectivity index (χ2v) is 8.62. The summed E-state index contributed by atoms with van der Waals surface area (Å²) in [6.07, 6.45) is 2.05. The standard InChI is InChI=1S/C22H24BrN3O3S/c1-14(2)29-19-10-7-16(23)13-18(19)20(27)25-22(30)24-17-8-5-15(6-9-17)21(28)26-11-3-4-12-26/h5-10,13-14H,3-4,11-12H2,1-2H3,(H2,24,25,27,30). The lowest BCUT2D eigenvalue weighted by molar-refractivity contribution is 0.0792. The number of benzene rings is 2. The maximum atomic E-state index is 12.7. The van der Waals surface area contributed by atoms with Crippen molar-refractivity contribution in [2.75, 3.05) is 18.4 Å². The van der Waals surface area contributed by atoms with Crippen molar-refractivity contribution < 1.29 is 14.3 Å². The molecular weight excluding hydrogens is 466 g/mol. The second-order valence-electron chi connectivity index (χ2n) is 7.29. The summed E-state index contributed by atoms with van der Waals surface area (Å²) in [6.45, 7) is 5.42. The number of rotatable bonds is 5. The quantitative estimate of drug-likeness (QED) is 0.600. The molecule has 6 nitrogen and oxygen atoms in total. The molecule has 1 fully saturated rings. The fraction of sp³-hybridized carbons (Fsp3) is 0.318. The van der Waals surface area contributed by atoms with Gasteiger partial charge in [0.1, 0.15) is 5.75 Å². The van der Waals surface area contributed by atoms with Crippen LogP contribution in [0.3, 0.4) is 0 Å². The summed E-state index contributed by atoms with van der Waals surface area (Å²) in [5.74, 6) is 0.158. The smallest absolute Gasteiger partial charge is 0.261 e. The van der Waals surface area contributed by atoms with Crippen LogP contribution in [0.15, 0.2) is 46.9 Å². The van der Waals surface area contributed by atoms with Crippen LogP contribution >= 0.6 is 28.1 Å². The van der Waals surface area contributed by atoms with E-state index in [0.717, 1.165) is 30.4 Å². The van der Waals surface area contributed by atoms with E-state index in [9.17, 15) is 9.59 Å². The predicted molar refractivity (Wildman–Crippen MR) is 125 cm³/mol. The van der Waals surface area contributed by atoms with E-state index in [1.54, 1.807) is 36.4 Å². The third-order valence-corrected chi connectivity index (χ3v) is 5.26. The number of carbonyl (C=O) groups is 2. The molecule has 2 N–H and O–H groups in total. The molecule has 0 radical (unpaired) electrons. The van der Waals surface area contributed by atoms with Crippen LogP contribution in [0.4, 0.5) is 5.69 Å². The second kappa shape index (κ2) is 10.0. The molecule has 158 valence electrons. The van der Waals surface area contributed by atoms with Gasteiger partial charge >= 0.3 is 0 Å². The summed E-state index contributed by atoms with van der Waals surface area (Å²) < 4.78 is 6.48. The van der Waals surface area contributed by atoms with Crippen molar-refractivity contribution in [3.63, 3.8) is 0 Å². The zero-order chi connectivity index (χ0) is 21.7. The van der Waals surface area contributed by atoms with Crippen molar-refractivity contribution in [3.05, 3.63) is 58.1 Å². The molecule has 2 aromatic rings. The Morgan fingerprint density at radius 2 is 1.77 bits per heavy atom. The summed E-state index contributed by atoms with van der Waals surface area (Å²) in [5.41, 5.74) is 1.71. The van der Waals surface area contributed by atoms with E-state index in [1.165, 1.54) is 0 Å². The Labute approximate surface area is 190 Å². The number of amides is 2. The van der Waals surface area contributed by atoms with E-state index in [2.05, 4.69) is 26.6 Å². The van der Waals surface area contributed by atoms with Crippen LogP contribution in [0.5, 0.6) is 5.75 Å². The number of carbonyl (C=O) groups excluding carboxylic acids is 2. The number of hydrogen-bond acceptors (Lipinski definition) is 4. The van der Waals surface area contributed by atoms with Crippen LogP contribution in [0, 0.1) is 0 Å². The van der Waals surface area contributed by atoms with Crippen LogP contribution in [0.25, 0.3) is 0 Å². The zero-order valence-corrected chi connectivity index (χ0v) is 19.3. The number of anilines is 1. The largest absolute Gasteiger partial charge is 0.490 e. The lowest BCUT2D eigenvalue weighted by atomic mass is 10.2. The van der Waals surface area contributed by atoms with Gasteiger partial charge in [0.15, 0.2) is 5.11 Å². The number of ether oxygens (including phenoxy) is 1. The summed E-state index contributed by atoms with van der Waals surface area (Å²) in [7, 11) is 0. The molecule has 0 saturated carbocycles. The van der Waals surface area contributed by atoms with Gasteiger partial charge in [-0.1, -0.05) is 15.9 Å². The van der Waals surface area contributed by atoms with Crippen molar-refractivity contribution in [2.24, 2.45) is 0 Å². The van der Waals surface area contributed by atoms with Crippen LogP contribution in [-0.2, 0) is 0 Å². The SMILES string of the molecule is CC(C)Oc1ccc(Br)cc1C(=O)NC(=S)Nc1ccc(C(=O)N2CCCC2)cc1. The highest BCUT2D eigenvalue weighted by Crippen LogP contribution is 2.24. The van der Waals surface area contributed by atoms with Gasteiger partial charge in [0.25, 0.3) is 11.8 Å². The molecule has 0 spiro atoms. The number of likely N-dealkylation sites (tertiary alicyclic amines) is 1. The Kier molecular flexibility index (Phi) is 7.44. The van der Waals surface area contributed by atoms with Gasteiger partial charge in [-0.15, -0.1) is 0 Å². The number of hydrogen-bond donors (Lipinski definition) is 2. The van der Waals surface area contributed by atoms with Crippen molar-refractivity contribution in [2.45, 2.75) is 32.8 Å². The van der Waals surface area contributed by atoms with Crippen LogP contribution in [0.1, 0.15) is 47.4 Å². The van der Waals surface area contributed by atoms with E-state index in [1.807, 2.05) is 24.8 Å². The minimum atomic E-state index is -0.370. The minimum absolute atomic E-state index is 0.0438. The number of halogens is 1. The maximum Gasteiger partial charge on any atom is 0.261 e. The first-order chi connectivity index (χ1) is 14.3. The first-order valence-electron chi connectivity index (χ1n) is 9.81. The van der Waals surface area contributed by atoms with Crippen molar-refractivity contribution >= 4 is 50.8 Å². The average molecular weight is 490 g/mol. The Morgan fingerprint density at radius 3 is 2.40 bits per heavy atom. The summed E-state index contributed by atoms with van der Waals surface area (Å²) in [6, 6.07) is 12.3.